The molecular weight excluding hydrogens is 260 g/mol. The molecular formula is C13H18N4OS. The molecule has 6 heteroatoms. The minimum atomic E-state index is 0.207. The van der Waals surface area contributed by atoms with Gasteiger partial charge in [-0.3, -0.25) is 0 Å². The Labute approximate surface area is 116 Å². The number of hydrogen-bond acceptors (Lipinski definition) is 6. The van der Waals surface area contributed by atoms with Gasteiger partial charge in [0.25, 0.3) is 0 Å². The van der Waals surface area contributed by atoms with Crippen molar-refractivity contribution in [2.75, 3.05) is 31.6 Å². The molecule has 1 saturated heterocycles. The van der Waals surface area contributed by atoms with E-state index in [0.29, 0.717) is 0 Å². The third kappa shape index (κ3) is 2.56. The maximum atomic E-state index is 5.68. The van der Waals surface area contributed by atoms with Gasteiger partial charge in [-0.25, -0.2) is 9.97 Å². The summed E-state index contributed by atoms with van der Waals surface area (Å²) in [6.07, 6.45) is 1.83. The summed E-state index contributed by atoms with van der Waals surface area (Å²) in [5.41, 5.74) is 1.27. The summed E-state index contributed by atoms with van der Waals surface area (Å²) in [6, 6.07) is 0. The van der Waals surface area contributed by atoms with Gasteiger partial charge >= 0.3 is 0 Å². The number of thiophene rings is 1. The maximum Gasteiger partial charge on any atom is 0.138 e. The molecule has 2 aromatic heterocycles. The second-order valence-electron chi connectivity index (χ2n) is 4.76. The number of rotatable bonds is 3. The van der Waals surface area contributed by atoms with Crippen LogP contribution < -0.4 is 10.6 Å². The molecule has 0 saturated carbocycles. The Balaban J connectivity index is 1.80. The van der Waals surface area contributed by atoms with Gasteiger partial charge in [0, 0.05) is 24.5 Å². The topological polar surface area (TPSA) is 59.1 Å². The number of nitrogens with one attached hydrogen (secondary N) is 2. The Hall–Kier alpha value is -1.24. The van der Waals surface area contributed by atoms with Gasteiger partial charge in [0.05, 0.1) is 18.1 Å². The Morgan fingerprint density at radius 3 is 3.16 bits per heavy atom. The Kier molecular flexibility index (Phi) is 3.63. The van der Waals surface area contributed by atoms with E-state index in [4.69, 9.17) is 4.74 Å². The first-order valence-electron chi connectivity index (χ1n) is 6.52. The minimum absolute atomic E-state index is 0.207. The molecule has 2 N–H and O–H groups in total. The van der Waals surface area contributed by atoms with Crippen LogP contribution in [0.15, 0.2) is 6.33 Å². The molecule has 3 heterocycles. The highest BCUT2D eigenvalue weighted by molar-refractivity contribution is 7.18. The van der Waals surface area contributed by atoms with Crippen LogP contribution in [0.3, 0.4) is 0 Å². The fourth-order valence-electron chi connectivity index (χ4n) is 2.28. The summed E-state index contributed by atoms with van der Waals surface area (Å²) in [5.74, 6) is 0.918. The van der Waals surface area contributed by atoms with Crippen LogP contribution in [0.4, 0.5) is 5.82 Å². The van der Waals surface area contributed by atoms with Gasteiger partial charge in [0.15, 0.2) is 0 Å². The van der Waals surface area contributed by atoms with Crippen LogP contribution in [0.2, 0.25) is 0 Å². The van der Waals surface area contributed by atoms with Gasteiger partial charge in [-0.2, -0.15) is 0 Å². The summed E-state index contributed by atoms with van der Waals surface area (Å²) in [7, 11) is 0. The number of morpholine rings is 1. The van der Waals surface area contributed by atoms with Crippen LogP contribution in [0.25, 0.3) is 10.2 Å². The highest BCUT2D eigenvalue weighted by atomic mass is 32.1. The van der Waals surface area contributed by atoms with Crippen LogP contribution in [0.1, 0.15) is 10.4 Å². The average molecular weight is 278 g/mol. The van der Waals surface area contributed by atoms with Crippen LogP contribution in [-0.2, 0) is 4.74 Å². The van der Waals surface area contributed by atoms with Gasteiger partial charge in [-0.15, -0.1) is 11.3 Å². The number of aryl methyl sites for hydroxylation is 2. The van der Waals surface area contributed by atoms with Gasteiger partial charge in [-0.1, -0.05) is 0 Å². The number of aromatic nitrogens is 2. The standard InChI is InChI=1S/C13H18N4OS/c1-8-9(2)19-13-11(8)12(16-7-17-13)15-6-10-5-14-3-4-18-10/h7,10,14H,3-6H2,1-2H3,(H,15,16,17). The normalized spacial score (nSPS) is 19.8. The predicted octanol–water partition coefficient (Wildman–Crippen LogP) is 1.71. The summed E-state index contributed by atoms with van der Waals surface area (Å²) in [6.45, 7) is 7.64. The highest BCUT2D eigenvalue weighted by Crippen LogP contribution is 2.32. The van der Waals surface area contributed by atoms with Crippen molar-refractivity contribution in [3.8, 4) is 0 Å². The Morgan fingerprint density at radius 2 is 2.37 bits per heavy atom. The fraction of sp³-hybridized carbons (Fsp3) is 0.538. The van der Waals surface area contributed by atoms with Gasteiger partial charge in [0.1, 0.15) is 17.0 Å². The molecule has 3 rings (SSSR count). The molecule has 1 unspecified atom stereocenters. The highest BCUT2D eigenvalue weighted by Gasteiger charge is 2.15. The first-order valence-corrected chi connectivity index (χ1v) is 7.34. The van der Waals surface area contributed by atoms with E-state index in [9.17, 15) is 0 Å². The smallest absolute Gasteiger partial charge is 0.138 e. The van der Waals surface area contributed by atoms with Gasteiger partial charge in [0.2, 0.25) is 0 Å². The van der Waals surface area contributed by atoms with Crippen LogP contribution >= 0.6 is 11.3 Å². The number of ether oxygens (including phenoxy) is 1. The summed E-state index contributed by atoms with van der Waals surface area (Å²) in [5, 5.41) is 7.88. The quantitative estimate of drug-likeness (QED) is 0.895. The van der Waals surface area contributed by atoms with E-state index in [1.54, 1.807) is 17.7 Å². The van der Waals surface area contributed by atoms with E-state index >= 15 is 0 Å². The minimum Gasteiger partial charge on any atom is -0.374 e. The molecule has 0 bridgehead atoms. The molecule has 0 amide bonds. The van der Waals surface area contributed by atoms with Crippen molar-refractivity contribution in [1.29, 1.82) is 0 Å². The predicted molar refractivity (Wildman–Crippen MR) is 78.0 cm³/mol. The number of fused-ring (bicyclic) bond motifs is 1. The number of anilines is 1. The van der Waals surface area contributed by atoms with Crippen molar-refractivity contribution in [3.63, 3.8) is 0 Å². The third-order valence-electron chi connectivity index (χ3n) is 3.47. The Bertz CT molecular complexity index is 577. The lowest BCUT2D eigenvalue weighted by Gasteiger charge is -2.24. The van der Waals surface area contributed by atoms with E-state index in [2.05, 4.69) is 34.4 Å². The molecule has 1 fully saturated rings. The summed E-state index contributed by atoms with van der Waals surface area (Å²) in [4.78, 5) is 11.1. The van der Waals surface area contributed by atoms with E-state index in [-0.39, 0.29) is 6.10 Å². The molecule has 1 aliphatic heterocycles. The van der Waals surface area contributed by atoms with Crippen molar-refractivity contribution in [1.82, 2.24) is 15.3 Å². The lowest BCUT2D eigenvalue weighted by atomic mass is 10.2. The van der Waals surface area contributed by atoms with Crippen LogP contribution in [0, 0.1) is 13.8 Å². The van der Waals surface area contributed by atoms with E-state index in [1.807, 2.05) is 0 Å². The zero-order valence-electron chi connectivity index (χ0n) is 11.2. The van der Waals surface area contributed by atoms with E-state index < -0.39 is 0 Å². The first kappa shape index (κ1) is 12.8. The second-order valence-corrected chi connectivity index (χ2v) is 5.97. The lowest BCUT2D eigenvalue weighted by molar-refractivity contribution is 0.0372. The van der Waals surface area contributed by atoms with Gasteiger partial charge in [-0.05, 0) is 19.4 Å². The van der Waals surface area contributed by atoms with Crippen molar-refractivity contribution in [2.45, 2.75) is 20.0 Å². The monoisotopic (exact) mass is 278 g/mol. The molecule has 1 aliphatic rings. The zero-order valence-corrected chi connectivity index (χ0v) is 12.0. The molecule has 102 valence electrons. The largest absolute Gasteiger partial charge is 0.374 e. The number of nitrogens with zero attached hydrogens (tertiary/aromatic N) is 2. The molecule has 0 aliphatic carbocycles. The molecule has 19 heavy (non-hydrogen) atoms. The lowest BCUT2D eigenvalue weighted by Crippen LogP contribution is -2.42. The second kappa shape index (κ2) is 5.40. The SMILES string of the molecule is Cc1sc2ncnc(NCC3CNCCO3)c2c1C. The molecule has 0 aromatic carbocycles. The van der Waals surface area contributed by atoms with Crippen molar-refractivity contribution in [3.05, 3.63) is 16.8 Å². The zero-order chi connectivity index (χ0) is 13.2. The summed E-state index contributed by atoms with van der Waals surface area (Å²) < 4.78 is 5.68. The number of hydrogen-bond donors (Lipinski definition) is 2. The van der Waals surface area contributed by atoms with Crippen molar-refractivity contribution < 1.29 is 4.74 Å². The first-order chi connectivity index (χ1) is 9.25. The molecule has 1 atom stereocenters. The average Bonchev–Trinajstić information content (AvgIpc) is 2.74. The fourth-order valence-corrected chi connectivity index (χ4v) is 3.27. The van der Waals surface area contributed by atoms with E-state index in [0.717, 1.165) is 42.3 Å². The summed E-state index contributed by atoms with van der Waals surface area (Å²) >= 11 is 1.72. The van der Waals surface area contributed by atoms with Crippen LogP contribution in [-0.4, -0.2) is 42.3 Å². The molecule has 2 aromatic rings. The molecule has 5 nitrogen and oxygen atoms in total. The maximum absolute atomic E-state index is 5.68. The Morgan fingerprint density at radius 1 is 1.47 bits per heavy atom. The van der Waals surface area contributed by atoms with Gasteiger partial charge < -0.3 is 15.4 Å². The molecule has 0 spiro atoms. The molecule has 0 radical (unpaired) electrons. The van der Waals surface area contributed by atoms with Crippen molar-refractivity contribution >= 4 is 27.4 Å². The van der Waals surface area contributed by atoms with Crippen LogP contribution in [0.5, 0.6) is 0 Å². The third-order valence-corrected chi connectivity index (χ3v) is 4.58. The van der Waals surface area contributed by atoms with E-state index in [1.165, 1.54) is 10.4 Å². The van der Waals surface area contributed by atoms with Crippen molar-refractivity contribution in [2.24, 2.45) is 0 Å².